The molecule has 0 heterocycles. The fraction of sp³-hybridized carbons (Fsp3) is 0.321. The molecule has 0 fully saturated rings. The quantitative estimate of drug-likeness (QED) is 0.0733. The Morgan fingerprint density at radius 2 is 0.594 bits per heavy atom. The van der Waals surface area contributed by atoms with Crippen LogP contribution in [0.5, 0.6) is 23.0 Å². The van der Waals surface area contributed by atoms with Crippen molar-refractivity contribution in [1.82, 2.24) is 0 Å². The first-order valence-corrected chi connectivity index (χ1v) is 24.5. The summed E-state index contributed by atoms with van der Waals surface area (Å²) in [5.74, 6) is 1.23. The minimum Gasteiger partial charge on any atom is -0.496 e. The SMILES string of the molecule is COc1ccc(OC(=O)C(C)(C)C)c(P(c2cc(C)cc(C)c2)c2cc(C)cc(C)c2)c1-c1c(OC)ccc(OC(=O)C(C)(C)C)c1P(c1cc(C)cc(C)c1)c1cc(C)cc(C)c1. The van der Waals surface area contributed by atoms with Gasteiger partial charge in [0.05, 0.1) is 25.0 Å². The molecule has 0 aromatic heterocycles. The van der Waals surface area contributed by atoms with Crippen molar-refractivity contribution in [3.05, 3.63) is 142 Å². The Morgan fingerprint density at radius 1 is 0.375 bits per heavy atom. The van der Waals surface area contributed by atoms with E-state index in [0.717, 1.165) is 76.3 Å². The Hall–Kier alpha value is -5.28. The summed E-state index contributed by atoms with van der Waals surface area (Å²) in [7, 11) is 0.343. The Morgan fingerprint density at radius 3 is 0.797 bits per heavy atom. The van der Waals surface area contributed by atoms with Gasteiger partial charge in [0.1, 0.15) is 23.0 Å². The van der Waals surface area contributed by atoms with Crippen molar-refractivity contribution in [3.63, 3.8) is 0 Å². The molecule has 8 heteroatoms. The van der Waals surface area contributed by atoms with Gasteiger partial charge >= 0.3 is 11.9 Å². The van der Waals surface area contributed by atoms with Gasteiger partial charge < -0.3 is 18.9 Å². The molecule has 0 unspecified atom stereocenters. The Bertz CT molecular complexity index is 2380. The second-order valence-electron chi connectivity index (χ2n) is 19.3. The summed E-state index contributed by atoms with van der Waals surface area (Å²) in [6, 6.07) is 34.2. The van der Waals surface area contributed by atoms with Gasteiger partial charge in [-0.2, -0.15) is 0 Å². The minimum absolute atomic E-state index is 0.367. The van der Waals surface area contributed by atoms with E-state index in [1.165, 1.54) is 0 Å². The summed E-state index contributed by atoms with van der Waals surface area (Å²) >= 11 is 0. The van der Waals surface area contributed by atoms with E-state index in [1.807, 2.05) is 65.8 Å². The van der Waals surface area contributed by atoms with E-state index in [2.05, 4.69) is 128 Å². The van der Waals surface area contributed by atoms with Crippen LogP contribution >= 0.6 is 15.8 Å². The van der Waals surface area contributed by atoms with Gasteiger partial charge in [-0.1, -0.05) is 117 Å². The molecule has 64 heavy (non-hydrogen) atoms. The number of rotatable bonds is 11. The molecule has 0 aliphatic rings. The van der Waals surface area contributed by atoms with Crippen molar-refractivity contribution >= 4 is 59.6 Å². The molecule has 0 radical (unpaired) electrons. The zero-order valence-corrected chi connectivity index (χ0v) is 42.4. The van der Waals surface area contributed by atoms with E-state index in [9.17, 15) is 9.59 Å². The van der Waals surface area contributed by atoms with E-state index in [0.29, 0.717) is 34.1 Å². The Kier molecular flexibility index (Phi) is 14.3. The minimum atomic E-state index is -1.50. The zero-order valence-electron chi connectivity index (χ0n) is 40.6. The normalized spacial score (nSPS) is 11.8. The van der Waals surface area contributed by atoms with Gasteiger partial charge in [-0.3, -0.25) is 9.59 Å². The smallest absolute Gasteiger partial charge is 0.316 e. The molecule has 0 bridgehead atoms. The highest BCUT2D eigenvalue weighted by molar-refractivity contribution is 7.81. The van der Waals surface area contributed by atoms with Crippen LogP contribution in [0.4, 0.5) is 0 Å². The summed E-state index contributed by atoms with van der Waals surface area (Å²) in [6.07, 6.45) is 0. The van der Waals surface area contributed by atoms with E-state index in [-0.39, 0.29) is 11.9 Å². The predicted octanol–water partition coefficient (Wildman–Crippen LogP) is 11.3. The summed E-state index contributed by atoms with van der Waals surface area (Å²) in [5, 5.41) is 5.92. The topological polar surface area (TPSA) is 71.1 Å². The molecule has 6 rings (SSSR count). The van der Waals surface area contributed by atoms with Crippen LogP contribution in [-0.2, 0) is 9.59 Å². The number of ether oxygens (including phenoxy) is 4. The van der Waals surface area contributed by atoms with Gasteiger partial charge in [-0.15, -0.1) is 0 Å². The second kappa shape index (κ2) is 19.1. The third-order valence-corrected chi connectivity index (χ3v) is 15.7. The monoisotopic (exact) mass is 894 g/mol. The molecule has 6 aromatic carbocycles. The van der Waals surface area contributed by atoms with Crippen LogP contribution in [0.2, 0.25) is 0 Å². The van der Waals surface area contributed by atoms with Crippen molar-refractivity contribution in [2.24, 2.45) is 10.8 Å². The predicted molar refractivity (Wildman–Crippen MR) is 270 cm³/mol. The van der Waals surface area contributed by atoms with Gasteiger partial charge in [-0.25, -0.2) is 0 Å². The molecule has 0 aliphatic carbocycles. The third kappa shape index (κ3) is 10.6. The number of hydrogen-bond acceptors (Lipinski definition) is 6. The average Bonchev–Trinajstić information content (AvgIpc) is 3.16. The number of benzene rings is 6. The molecule has 0 atom stereocenters. The largest absolute Gasteiger partial charge is 0.496 e. The van der Waals surface area contributed by atoms with Crippen molar-refractivity contribution in [2.75, 3.05) is 14.2 Å². The van der Waals surface area contributed by atoms with Gasteiger partial charge in [0, 0.05) is 21.7 Å². The number of hydrogen-bond donors (Lipinski definition) is 0. The Balaban J connectivity index is 1.94. The molecule has 0 N–H and O–H groups in total. The van der Waals surface area contributed by atoms with Crippen LogP contribution in [0.15, 0.2) is 97.1 Å². The number of aryl methyl sites for hydroxylation is 8. The van der Waals surface area contributed by atoms with Crippen molar-refractivity contribution in [1.29, 1.82) is 0 Å². The lowest BCUT2D eigenvalue weighted by Crippen LogP contribution is -2.32. The summed E-state index contributed by atoms with van der Waals surface area (Å²) in [6.45, 7) is 28.1. The van der Waals surface area contributed by atoms with Crippen molar-refractivity contribution < 1.29 is 28.5 Å². The van der Waals surface area contributed by atoms with Gasteiger partial charge in [-0.05, 0) is 158 Å². The maximum atomic E-state index is 14.2. The summed E-state index contributed by atoms with van der Waals surface area (Å²) in [4.78, 5) is 28.5. The van der Waals surface area contributed by atoms with Crippen molar-refractivity contribution in [3.8, 4) is 34.1 Å². The molecule has 334 valence electrons. The average molecular weight is 895 g/mol. The molecule has 6 aromatic rings. The molecule has 6 nitrogen and oxygen atoms in total. The highest BCUT2D eigenvalue weighted by Gasteiger charge is 2.37. The molecule has 0 amide bonds. The van der Waals surface area contributed by atoms with Crippen LogP contribution < -0.4 is 50.8 Å². The van der Waals surface area contributed by atoms with Gasteiger partial charge in [0.15, 0.2) is 0 Å². The van der Waals surface area contributed by atoms with E-state index >= 15 is 0 Å². The first-order chi connectivity index (χ1) is 30.0. The lowest BCUT2D eigenvalue weighted by Gasteiger charge is -2.32. The van der Waals surface area contributed by atoms with Crippen LogP contribution in [0, 0.1) is 66.2 Å². The first-order valence-electron chi connectivity index (χ1n) is 21.8. The molecular formula is C56H64O6P2. The van der Waals surface area contributed by atoms with Crippen LogP contribution in [-0.4, -0.2) is 26.2 Å². The Labute approximate surface area is 384 Å². The van der Waals surface area contributed by atoms with Crippen LogP contribution in [0.25, 0.3) is 11.1 Å². The van der Waals surface area contributed by atoms with E-state index in [1.54, 1.807) is 14.2 Å². The highest BCUT2D eigenvalue weighted by atomic mass is 31.1. The maximum Gasteiger partial charge on any atom is 0.316 e. The van der Waals surface area contributed by atoms with Crippen LogP contribution in [0.3, 0.4) is 0 Å². The number of esters is 2. The van der Waals surface area contributed by atoms with E-state index in [4.69, 9.17) is 18.9 Å². The van der Waals surface area contributed by atoms with E-state index < -0.39 is 26.7 Å². The lowest BCUT2D eigenvalue weighted by molar-refractivity contribution is -0.143. The molecule has 0 saturated heterocycles. The van der Waals surface area contributed by atoms with Crippen LogP contribution in [0.1, 0.15) is 86.1 Å². The first kappa shape index (κ1) is 48.2. The zero-order chi connectivity index (χ0) is 47.0. The standard InChI is InChI=1S/C56H64O6P2/c1-33-21-34(2)26-41(25-33)63(42-27-35(3)22-36(4)28-42)51-47(61-53(57)55(9,10)11)19-17-45(59-15)49(51)50-46(60-16)18-20-48(62-54(58)56(12,13)14)52(50)64(43-29-37(5)23-38(6)30-43)44-31-39(7)24-40(8)32-44/h17-32H,1-16H3. The molecule has 0 aliphatic heterocycles. The highest BCUT2D eigenvalue weighted by Crippen LogP contribution is 2.51. The number of carbonyl (C=O) groups is 2. The summed E-state index contributed by atoms with van der Waals surface area (Å²) in [5.41, 5.74) is 8.71. The third-order valence-electron chi connectivity index (χ3n) is 10.8. The maximum absolute atomic E-state index is 14.2. The van der Waals surface area contributed by atoms with Gasteiger partial charge in [0.25, 0.3) is 0 Å². The fourth-order valence-corrected chi connectivity index (χ4v) is 14.0. The molecular weight excluding hydrogens is 831 g/mol. The summed E-state index contributed by atoms with van der Waals surface area (Å²) < 4.78 is 26.3. The number of methoxy groups -OCH3 is 2. The lowest BCUT2D eigenvalue weighted by atomic mass is 9.97. The molecule has 0 spiro atoms. The van der Waals surface area contributed by atoms with Crippen molar-refractivity contribution in [2.45, 2.75) is 96.9 Å². The molecule has 0 saturated carbocycles. The number of carbonyl (C=O) groups excluding carboxylic acids is 2. The fourth-order valence-electron chi connectivity index (χ4n) is 8.18. The van der Waals surface area contributed by atoms with Gasteiger partial charge in [0.2, 0.25) is 0 Å². The second-order valence-corrected chi connectivity index (χ2v) is 23.6.